The van der Waals surface area contributed by atoms with Crippen molar-refractivity contribution in [2.75, 3.05) is 19.6 Å². The van der Waals surface area contributed by atoms with Crippen LogP contribution in [0.2, 0.25) is 0 Å². The summed E-state index contributed by atoms with van der Waals surface area (Å²) in [6, 6.07) is 5.16. The molecule has 2 aromatic rings. The van der Waals surface area contributed by atoms with E-state index in [1.165, 1.54) is 10.5 Å². The highest BCUT2D eigenvalue weighted by molar-refractivity contribution is 9.10. The first-order valence-corrected chi connectivity index (χ1v) is 7.08. The van der Waals surface area contributed by atoms with Crippen LogP contribution in [0, 0.1) is 0 Å². The third kappa shape index (κ3) is 2.73. The van der Waals surface area contributed by atoms with E-state index >= 15 is 0 Å². The lowest BCUT2D eigenvalue weighted by Crippen LogP contribution is -2.47. The second-order valence-electron chi connectivity index (χ2n) is 4.72. The molecule has 0 bridgehead atoms. The molecule has 3 heterocycles. The van der Waals surface area contributed by atoms with Crippen molar-refractivity contribution >= 4 is 27.5 Å². The van der Waals surface area contributed by atoms with Crippen LogP contribution in [0.5, 0.6) is 0 Å². The van der Waals surface area contributed by atoms with Crippen LogP contribution in [0.1, 0.15) is 5.69 Å². The number of rotatable bonds is 2. The summed E-state index contributed by atoms with van der Waals surface area (Å²) >= 11 is 3.33. The van der Waals surface area contributed by atoms with Crippen molar-refractivity contribution in [3.8, 4) is 0 Å². The Morgan fingerprint density at radius 1 is 1.35 bits per heavy atom. The van der Waals surface area contributed by atoms with Crippen LogP contribution in [0.15, 0.2) is 33.7 Å². The first kappa shape index (κ1) is 13.3. The number of aromatic nitrogens is 2. The zero-order valence-electron chi connectivity index (χ0n) is 10.7. The van der Waals surface area contributed by atoms with Gasteiger partial charge in [-0.1, -0.05) is 0 Å². The van der Waals surface area contributed by atoms with E-state index in [0.29, 0.717) is 31.0 Å². The Balaban J connectivity index is 1.91. The fourth-order valence-corrected chi connectivity index (χ4v) is 2.60. The summed E-state index contributed by atoms with van der Waals surface area (Å²) in [7, 11) is 0. The van der Waals surface area contributed by atoms with E-state index in [0.717, 1.165) is 11.0 Å². The van der Waals surface area contributed by atoms with Crippen molar-refractivity contribution in [2.24, 2.45) is 0 Å². The van der Waals surface area contributed by atoms with Gasteiger partial charge >= 0.3 is 0 Å². The molecule has 0 atom stereocenters. The maximum absolute atomic E-state index is 12.1. The van der Waals surface area contributed by atoms with E-state index in [9.17, 15) is 9.59 Å². The van der Waals surface area contributed by atoms with E-state index < -0.39 is 0 Å². The number of amides is 1. The van der Waals surface area contributed by atoms with Crippen molar-refractivity contribution < 1.29 is 4.79 Å². The number of piperazine rings is 1. The Kier molecular flexibility index (Phi) is 3.54. The molecule has 104 valence electrons. The standard InChI is InChI=1S/C13H13BrN4O2/c14-9-1-2-11-16-10(5-13(20)18(11)6-9)7-17-4-3-15-12(19)8-17/h1-2,5-6H,3-4,7-8H2,(H,15,19). The average Bonchev–Trinajstić information content (AvgIpc) is 2.40. The molecule has 0 aliphatic carbocycles. The highest BCUT2D eigenvalue weighted by atomic mass is 79.9. The van der Waals surface area contributed by atoms with Crippen molar-refractivity contribution in [3.63, 3.8) is 0 Å². The number of hydrogen-bond donors (Lipinski definition) is 1. The summed E-state index contributed by atoms with van der Waals surface area (Å²) in [6.07, 6.45) is 1.70. The van der Waals surface area contributed by atoms with Crippen molar-refractivity contribution in [3.05, 3.63) is 44.9 Å². The predicted octanol–water partition coefficient (Wildman–Crippen LogP) is 0.389. The van der Waals surface area contributed by atoms with E-state index in [1.54, 1.807) is 12.3 Å². The summed E-state index contributed by atoms with van der Waals surface area (Å²) < 4.78 is 2.32. The molecule has 0 saturated carbocycles. The number of halogens is 1. The Bertz CT molecular complexity index is 728. The number of carbonyl (C=O) groups is 1. The second kappa shape index (κ2) is 5.34. The van der Waals surface area contributed by atoms with Crippen LogP contribution in [0.4, 0.5) is 0 Å². The van der Waals surface area contributed by atoms with Crippen LogP contribution < -0.4 is 10.9 Å². The predicted molar refractivity (Wildman–Crippen MR) is 77.4 cm³/mol. The zero-order chi connectivity index (χ0) is 14.1. The van der Waals surface area contributed by atoms with Gasteiger partial charge in [0.25, 0.3) is 5.56 Å². The fourth-order valence-electron chi connectivity index (χ4n) is 2.26. The number of carbonyl (C=O) groups excluding carboxylic acids is 1. The molecule has 1 aliphatic rings. The Morgan fingerprint density at radius 2 is 2.20 bits per heavy atom. The number of pyridine rings is 1. The lowest BCUT2D eigenvalue weighted by molar-refractivity contribution is -0.124. The lowest BCUT2D eigenvalue weighted by Gasteiger charge is -2.25. The van der Waals surface area contributed by atoms with Crippen LogP contribution >= 0.6 is 15.9 Å². The monoisotopic (exact) mass is 336 g/mol. The van der Waals surface area contributed by atoms with E-state index in [-0.39, 0.29) is 11.5 Å². The van der Waals surface area contributed by atoms with Gasteiger partial charge in [-0.2, -0.15) is 0 Å². The molecule has 7 heteroatoms. The minimum Gasteiger partial charge on any atom is -0.354 e. The minimum atomic E-state index is -0.118. The van der Waals surface area contributed by atoms with Gasteiger partial charge in [0, 0.05) is 36.4 Å². The van der Waals surface area contributed by atoms with Crippen molar-refractivity contribution in [2.45, 2.75) is 6.54 Å². The Labute approximate surface area is 123 Å². The smallest absolute Gasteiger partial charge is 0.258 e. The Hall–Kier alpha value is -1.73. The minimum absolute atomic E-state index is 0.0118. The summed E-state index contributed by atoms with van der Waals surface area (Å²) in [5, 5.41) is 2.77. The molecule has 1 fully saturated rings. The van der Waals surface area contributed by atoms with Crippen molar-refractivity contribution in [1.82, 2.24) is 19.6 Å². The molecule has 1 aliphatic heterocycles. The molecule has 0 unspecified atom stereocenters. The van der Waals surface area contributed by atoms with Gasteiger partial charge < -0.3 is 5.32 Å². The molecule has 0 aromatic carbocycles. The third-order valence-corrected chi connectivity index (χ3v) is 3.65. The van der Waals surface area contributed by atoms with Gasteiger partial charge in [0.2, 0.25) is 5.91 Å². The number of fused-ring (bicyclic) bond motifs is 1. The van der Waals surface area contributed by atoms with Crippen LogP contribution in [0.25, 0.3) is 5.65 Å². The fraction of sp³-hybridized carbons (Fsp3) is 0.308. The lowest BCUT2D eigenvalue weighted by atomic mass is 10.3. The van der Waals surface area contributed by atoms with E-state index in [1.807, 2.05) is 11.0 Å². The number of hydrogen-bond acceptors (Lipinski definition) is 4. The molecule has 0 spiro atoms. The van der Waals surface area contributed by atoms with E-state index in [2.05, 4.69) is 26.2 Å². The summed E-state index contributed by atoms with van der Waals surface area (Å²) in [5.41, 5.74) is 1.18. The van der Waals surface area contributed by atoms with E-state index in [4.69, 9.17) is 0 Å². The molecule has 0 radical (unpaired) electrons. The molecule has 1 N–H and O–H groups in total. The number of nitrogens with zero attached hydrogens (tertiary/aromatic N) is 3. The Morgan fingerprint density at radius 3 is 3.00 bits per heavy atom. The van der Waals surface area contributed by atoms with Crippen molar-refractivity contribution in [1.29, 1.82) is 0 Å². The molecular weight excluding hydrogens is 324 g/mol. The van der Waals surface area contributed by atoms with Gasteiger partial charge in [-0.05, 0) is 28.1 Å². The van der Waals surface area contributed by atoms with Crippen LogP contribution in [0.3, 0.4) is 0 Å². The molecule has 1 amide bonds. The summed E-state index contributed by atoms with van der Waals surface area (Å²) in [5.74, 6) is 0.0118. The first-order valence-electron chi connectivity index (χ1n) is 6.29. The van der Waals surface area contributed by atoms with Gasteiger partial charge in [-0.15, -0.1) is 0 Å². The largest absolute Gasteiger partial charge is 0.354 e. The molecule has 6 nitrogen and oxygen atoms in total. The second-order valence-corrected chi connectivity index (χ2v) is 5.64. The van der Waals surface area contributed by atoms with Gasteiger partial charge in [0.15, 0.2) is 0 Å². The maximum atomic E-state index is 12.1. The highest BCUT2D eigenvalue weighted by Crippen LogP contribution is 2.10. The third-order valence-electron chi connectivity index (χ3n) is 3.18. The molecule has 1 saturated heterocycles. The summed E-state index contributed by atoms with van der Waals surface area (Å²) in [6.45, 7) is 2.27. The normalized spacial score (nSPS) is 16.4. The maximum Gasteiger partial charge on any atom is 0.258 e. The van der Waals surface area contributed by atoms with Gasteiger partial charge in [0.1, 0.15) is 5.65 Å². The first-order chi connectivity index (χ1) is 9.61. The number of nitrogens with one attached hydrogen (secondary N) is 1. The van der Waals surface area contributed by atoms with Crippen LogP contribution in [-0.4, -0.2) is 39.8 Å². The highest BCUT2D eigenvalue weighted by Gasteiger charge is 2.17. The van der Waals surface area contributed by atoms with Gasteiger partial charge in [-0.3, -0.25) is 18.9 Å². The van der Waals surface area contributed by atoms with Crippen LogP contribution in [-0.2, 0) is 11.3 Å². The quantitative estimate of drug-likeness (QED) is 0.861. The molecule has 20 heavy (non-hydrogen) atoms. The SMILES string of the molecule is O=C1CN(Cc2cc(=O)n3cc(Br)ccc3n2)CCN1. The molecule has 2 aromatic heterocycles. The van der Waals surface area contributed by atoms with Gasteiger partial charge in [0.05, 0.1) is 12.2 Å². The topological polar surface area (TPSA) is 66.7 Å². The molecule has 3 rings (SSSR count). The molecular formula is C13H13BrN4O2. The average molecular weight is 337 g/mol. The van der Waals surface area contributed by atoms with Gasteiger partial charge in [-0.25, -0.2) is 4.98 Å². The summed E-state index contributed by atoms with van der Waals surface area (Å²) in [4.78, 5) is 29.8. The zero-order valence-corrected chi connectivity index (χ0v) is 12.3.